The van der Waals surface area contributed by atoms with Crippen molar-refractivity contribution in [2.75, 3.05) is 0 Å². The lowest BCUT2D eigenvalue weighted by atomic mass is 9.89. The summed E-state index contributed by atoms with van der Waals surface area (Å²) in [7, 11) is 2.05. The Kier molecular flexibility index (Phi) is 4.65. The summed E-state index contributed by atoms with van der Waals surface area (Å²) >= 11 is 4.46. The second-order valence-electron chi connectivity index (χ2n) is 2.70. The first kappa shape index (κ1) is 8.86. The highest BCUT2D eigenvalue weighted by atomic mass is 32.1. The van der Waals surface area contributed by atoms with Crippen LogP contribution >= 0.6 is 12.2 Å². The molecule has 0 aromatic carbocycles. The van der Waals surface area contributed by atoms with Crippen molar-refractivity contribution in [1.82, 2.24) is 0 Å². The highest BCUT2D eigenvalue weighted by molar-refractivity contribution is 7.78. The zero-order valence-electron chi connectivity index (χ0n) is 6.22. The first-order valence-electron chi connectivity index (χ1n) is 3.23. The van der Waals surface area contributed by atoms with Crippen LogP contribution in [0.4, 0.5) is 0 Å². The predicted octanol–water partition coefficient (Wildman–Crippen LogP) is 1.09. The molecular weight excluding hydrogens is 129 g/mol. The first-order chi connectivity index (χ1) is 4.16. The zero-order chi connectivity index (χ0) is 7.28. The van der Waals surface area contributed by atoms with Crippen LogP contribution in [0.3, 0.4) is 0 Å². The SMILES string of the molecule is B[C@H](CC(C)C)N=C=S. The number of isothiocyanates is 1. The highest BCUT2D eigenvalue weighted by Gasteiger charge is 2.00. The maximum absolute atomic E-state index is 4.46. The summed E-state index contributed by atoms with van der Waals surface area (Å²) in [5.41, 5.74) is 0. The molecule has 0 fully saturated rings. The summed E-state index contributed by atoms with van der Waals surface area (Å²) in [4.78, 5) is 3.93. The lowest BCUT2D eigenvalue weighted by Crippen LogP contribution is -2.06. The molecule has 0 aliphatic heterocycles. The summed E-state index contributed by atoms with van der Waals surface area (Å²) < 4.78 is 0. The quantitative estimate of drug-likeness (QED) is 0.325. The van der Waals surface area contributed by atoms with Gasteiger partial charge in [-0.2, -0.15) is 0 Å². The van der Waals surface area contributed by atoms with Crippen LogP contribution in [0.25, 0.3) is 0 Å². The van der Waals surface area contributed by atoms with Crippen molar-refractivity contribution in [3.05, 3.63) is 0 Å². The molecule has 0 heterocycles. The van der Waals surface area contributed by atoms with Crippen LogP contribution in [0.2, 0.25) is 0 Å². The van der Waals surface area contributed by atoms with E-state index in [0.717, 1.165) is 6.42 Å². The van der Waals surface area contributed by atoms with E-state index in [2.05, 4.69) is 44.1 Å². The Morgan fingerprint density at radius 1 is 1.67 bits per heavy atom. The van der Waals surface area contributed by atoms with Crippen LogP contribution in [0.5, 0.6) is 0 Å². The van der Waals surface area contributed by atoms with E-state index in [0.29, 0.717) is 11.9 Å². The van der Waals surface area contributed by atoms with Gasteiger partial charge in [0, 0.05) is 5.94 Å². The number of rotatable bonds is 3. The van der Waals surface area contributed by atoms with Gasteiger partial charge < -0.3 is 0 Å². The Balaban J connectivity index is 3.49. The van der Waals surface area contributed by atoms with E-state index < -0.39 is 0 Å². The molecule has 0 unspecified atom stereocenters. The van der Waals surface area contributed by atoms with Crippen molar-refractivity contribution in [3.63, 3.8) is 0 Å². The van der Waals surface area contributed by atoms with Crippen LogP contribution < -0.4 is 0 Å². The van der Waals surface area contributed by atoms with E-state index in [1.165, 1.54) is 0 Å². The molecular formula is C6H12BNS. The van der Waals surface area contributed by atoms with E-state index >= 15 is 0 Å². The Morgan fingerprint density at radius 3 is 2.56 bits per heavy atom. The van der Waals surface area contributed by atoms with Crippen LogP contribution in [-0.4, -0.2) is 18.9 Å². The summed E-state index contributed by atoms with van der Waals surface area (Å²) in [5, 5.41) is 2.38. The van der Waals surface area contributed by atoms with E-state index in [1.54, 1.807) is 0 Å². The minimum atomic E-state index is 0.350. The van der Waals surface area contributed by atoms with Gasteiger partial charge in [-0.3, -0.25) is 0 Å². The second kappa shape index (κ2) is 4.72. The van der Waals surface area contributed by atoms with Crippen molar-refractivity contribution < 1.29 is 0 Å². The fourth-order valence-electron chi connectivity index (χ4n) is 0.825. The molecule has 0 amide bonds. The molecule has 0 spiro atoms. The van der Waals surface area contributed by atoms with E-state index in [1.807, 2.05) is 0 Å². The lowest BCUT2D eigenvalue weighted by molar-refractivity contribution is 0.573. The van der Waals surface area contributed by atoms with Gasteiger partial charge in [0.1, 0.15) is 7.85 Å². The minimum Gasteiger partial charge on any atom is -0.238 e. The van der Waals surface area contributed by atoms with Crippen molar-refractivity contribution >= 4 is 25.2 Å². The molecule has 0 N–H and O–H groups in total. The normalized spacial score (nSPS) is 12.8. The van der Waals surface area contributed by atoms with Gasteiger partial charge in [-0.05, 0) is 24.6 Å². The number of hydrogen-bond acceptors (Lipinski definition) is 2. The molecule has 1 nitrogen and oxygen atoms in total. The topological polar surface area (TPSA) is 12.4 Å². The van der Waals surface area contributed by atoms with Gasteiger partial charge in [0.05, 0.1) is 5.16 Å². The molecule has 0 aliphatic carbocycles. The van der Waals surface area contributed by atoms with E-state index in [9.17, 15) is 0 Å². The molecule has 0 radical (unpaired) electrons. The molecule has 3 heteroatoms. The van der Waals surface area contributed by atoms with Crippen molar-refractivity contribution in [2.45, 2.75) is 26.2 Å². The van der Waals surface area contributed by atoms with Crippen LogP contribution in [0.1, 0.15) is 20.3 Å². The van der Waals surface area contributed by atoms with Gasteiger partial charge in [-0.25, -0.2) is 4.99 Å². The summed E-state index contributed by atoms with van der Waals surface area (Å²) in [5.74, 6) is 1.05. The lowest BCUT2D eigenvalue weighted by Gasteiger charge is -2.05. The van der Waals surface area contributed by atoms with Crippen molar-refractivity contribution in [2.24, 2.45) is 10.9 Å². The summed E-state index contributed by atoms with van der Waals surface area (Å²) in [6, 6.07) is 0. The summed E-state index contributed by atoms with van der Waals surface area (Å²) in [6.07, 6.45) is 1.10. The van der Waals surface area contributed by atoms with Gasteiger partial charge in [-0.1, -0.05) is 13.8 Å². The molecule has 9 heavy (non-hydrogen) atoms. The summed E-state index contributed by atoms with van der Waals surface area (Å²) in [6.45, 7) is 4.35. The highest BCUT2D eigenvalue weighted by Crippen LogP contribution is 2.03. The number of aliphatic imine (C=N–C) groups is 1. The monoisotopic (exact) mass is 141 g/mol. The Morgan fingerprint density at radius 2 is 2.22 bits per heavy atom. The van der Waals surface area contributed by atoms with Gasteiger partial charge in [0.25, 0.3) is 0 Å². The Bertz CT molecular complexity index is 118. The fraction of sp³-hybridized carbons (Fsp3) is 0.833. The zero-order valence-corrected chi connectivity index (χ0v) is 7.03. The van der Waals surface area contributed by atoms with E-state index in [4.69, 9.17) is 0 Å². The maximum atomic E-state index is 4.46. The number of hydrogen-bond donors (Lipinski definition) is 0. The van der Waals surface area contributed by atoms with Gasteiger partial charge in [0.2, 0.25) is 0 Å². The molecule has 0 aromatic rings. The van der Waals surface area contributed by atoms with Crippen LogP contribution in [0, 0.1) is 5.92 Å². The van der Waals surface area contributed by atoms with Crippen molar-refractivity contribution in [3.8, 4) is 0 Å². The third kappa shape index (κ3) is 5.74. The average Bonchev–Trinajstić information content (AvgIpc) is 1.63. The minimum absolute atomic E-state index is 0.350. The molecule has 0 aliphatic rings. The predicted molar refractivity (Wildman–Crippen MR) is 46.8 cm³/mol. The molecule has 0 saturated heterocycles. The maximum Gasteiger partial charge on any atom is 0.134 e. The molecule has 0 saturated carbocycles. The average molecular weight is 141 g/mol. The molecule has 0 bridgehead atoms. The van der Waals surface area contributed by atoms with Crippen LogP contribution in [-0.2, 0) is 0 Å². The van der Waals surface area contributed by atoms with Crippen molar-refractivity contribution in [1.29, 1.82) is 0 Å². The fourth-order valence-corrected chi connectivity index (χ4v) is 1.00. The third-order valence-corrected chi connectivity index (χ3v) is 1.19. The molecule has 0 rings (SSSR count). The van der Waals surface area contributed by atoms with Crippen LogP contribution in [0.15, 0.2) is 4.99 Å². The molecule has 0 aromatic heterocycles. The Labute approximate surface area is 63.0 Å². The largest absolute Gasteiger partial charge is 0.238 e. The van der Waals surface area contributed by atoms with Gasteiger partial charge in [-0.15, -0.1) is 0 Å². The first-order valence-corrected chi connectivity index (χ1v) is 3.64. The van der Waals surface area contributed by atoms with E-state index in [-0.39, 0.29) is 0 Å². The molecule has 1 atom stereocenters. The Hall–Kier alpha value is -0.135. The number of nitrogens with zero attached hydrogens (tertiary/aromatic N) is 1. The van der Waals surface area contributed by atoms with Gasteiger partial charge in [0.15, 0.2) is 0 Å². The van der Waals surface area contributed by atoms with Gasteiger partial charge >= 0.3 is 0 Å². The number of thiocarbonyl (C=S) groups is 1. The third-order valence-electron chi connectivity index (χ3n) is 1.09. The molecule has 50 valence electrons. The standard InChI is InChI=1S/C6H12BNS/c1-5(2)3-6(7)8-4-9/h5-6H,3,7H2,1-2H3/t6-/m0/s1. The smallest absolute Gasteiger partial charge is 0.134 e. The second-order valence-corrected chi connectivity index (χ2v) is 2.88.